The number of aryl methyl sites for hydroxylation is 1. The molecule has 2 amide bonds. The molecule has 2 N–H and O–H groups in total. The number of carbonyl (C=O) groups is 1. The summed E-state index contributed by atoms with van der Waals surface area (Å²) in [5.41, 5.74) is 0.373. The van der Waals surface area contributed by atoms with Gasteiger partial charge in [0.15, 0.2) is 11.4 Å². The van der Waals surface area contributed by atoms with E-state index < -0.39 is 27.4 Å². The van der Waals surface area contributed by atoms with E-state index >= 15 is 0 Å². The number of nitrogens with one attached hydrogen (secondary N) is 2. The monoisotopic (exact) mass is 453 g/mol. The molecule has 2 rings (SSSR count). The van der Waals surface area contributed by atoms with Crippen molar-refractivity contribution < 1.29 is 22.7 Å². The summed E-state index contributed by atoms with van der Waals surface area (Å²) in [6.07, 6.45) is 1.27. The normalized spacial score (nSPS) is 11.7. The first-order valence-corrected chi connectivity index (χ1v) is 10.4. The van der Waals surface area contributed by atoms with Gasteiger partial charge in [-0.25, -0.2) is 22.9 Å². The standard InChI is InChI=1S/C21H19N5O5S/c1-14-4-6-18(7-5-14)32(28,29)26-21(27)25-20(12-23)19(11-22)24-13-15-8-16(30-2)10-17(9-15)31-3/h4-10,13H,1-3H3,(H2,25,26,27)/b20-19-,24-13?. The van der Waals surface area contributed by atoms with Gasteiger partial charge in [0.25, 0.3) is 10.0 Å². The van der Waals surface area contributed by atoms with E-state index in [1.54, 1.807) is 54.1 Å². The van der Waals surface area contributed by atoms with Crippen LogP contribution in [0, 0.1) is 29.6 Å². The predicted molar refractivity (Wildman–Crippen MR) is 115 cm³/mol. The minimum atomic E-state index is -4.18. The number of amides is 2. The molecule has 0 radical (unpaired) electrons. The van der Waals surface area contributed by atoms with Crippen LogP contribution in [-0.2, 0) is 10.0 Å². The maximum absolute atomic E-state index is 12.3. The molecule has 164 valence electrons. The number of nitriles is 2. The zero-order valence-corrected chi connectivity index (χ0v) is 18.2. The van der Waals surface area contributed by atoms with Crippen LogP contribution in [0.1, 0.15) is 11.1 Å². The van der Waals surface area contributed by atoms with Crippen molar-refractivity contribution in [3.05, 3.63) is 65.0 Å². The number of ether oxygens (including phenoxy) is 2. The van der Waals surface area contributed by atoms with Gasteiger partial charge in [-0.3, -0.25) is 5.32 Å². The average Bonchev–Trinajstić information content (AvgIpc) is 2.78. The number of allylic oxidation sites excluding steroid dienone is 2. The molecule has 0 atom stereocenters. The molecule has 0 heterocycles. The van der Waals surface area contributed by atoms with E-state index in [-0.39, 0.29) is 4.90 Å². The Balaban J connectivity index is 2.24. The third-order valence-electron chi connectivity index (χ3n) is 3.97. The van der Waals surface area contributed by atoms with Gasteiger partial charge >= 0.3 is 6.03 Å². The molecular weight excluding hydrogens is 434 g/mol. The number of aliphatic imine (C=N–C) groups is 1. The van der Waals surface area contributed by atoms with Gasteiger partial charge < -0.3 is 9.47 Å². The lowest BCUT2D eigenvalue weighted by molar-refractivity contribution is 0.248. The molecular formula is C21H19N5O5S. The Morgan fingerprint density at radius 3 is 2.12 bits per heavy atom. The van der Waals surface area contributed by atoms with Crippen LogP contribution in [0.2, 0.25) is 0 Å². The van der Waals surface area contributed by atoms with Gasteiger partial charge in [-0.15, -0.1) is 0 Å². The Labute approximate surface area is 185 Å². The van der Waals surface area contributed by atoms with E-state index in [9.17, 15) is 23.7 Å². The number of methoxy groups -OCH3 is 2. The first-order chi connectivity index (χ1) is 15.2. The van der Waals surface area contributed by atoms with Crippen LogP contribution in [0.5, 0.6) is 11.5 Å². The first kappa shape index (κ1) is 23.9. The van der Waals surface area contributed by atoms with Crippen LogP contribution in [0.25, 0.3) is 0 Å². The summed E-state index contributed by atoms with van der Waals surface area (Å²) < 4.78 is 36.7. The summed E-state index contributed by atoms with van der Waals surface area (Å²) in [5, 5.41) is 20.7. The highest BCUT2D eigenvalue weighted by Crippen LogP contribution is 2.21. The number of benzene rings is 2. The molecule has 32 heavy (non-hydrogen) atoms. The van der Waals surface area contributed by atoms with E-state index in [0.717, 1.165) is 5.56 Å². The van der Waals surface area contributed by atoms with Gasteiger partial charge in [0.05, 0.1) is 19.1 Å². The van der Waals surface area contributed by atoms with Crippen LogP contribution < -0.4 is 19.5 Å². The summed E-state index contributed by atoms with van der Waals surface area (Å²) in [5.74, 6) is 0.959. The molecule has 0 saturated heterocycles. The Morgan fingerprint density at radius 2 is 1.62 bits per heavy atom. The Bertz CT molecular complexity index is 1230. The number of carbonyl (C=O) groups excluding carboxylic acids is 1. The lowest BCUT2D eigenvalue weighted by Gasteiger charge is -2.08. The lowest BCUT2D eigenvalue weighted by atomic mass is 10.2. The zero-order chi connectivity index (χ0) is 23.7. The fourth-order valence-electron chi connectivity index (χ4n) is 2.37. The summed E-state index contributed by atoms with van der Waals surface area (Å²) in [7, 11) is -1.24. The third-order valence-corrected chi connectivity index (χ3v) is 5.31. The SMILES string of the molecule is COc1cc(C=N/C(C#N)=C(/C#N)NC(=O)NS(=O)(=O)c2ccc(C)cc2)cc(OC)c1. The van der Waals surface area contributed by atoms with Crippen LogP contribution in [0.4, 0.5) is 4.79 Å². The van der Waals surface area contributed by atoms with Gasteiger partial charge in [-0.1, -0.05) is 17.7 Å². The molecule has 2 aromatic carbocycles. The van der Waals surface area contributed by atoms with Gasteiger partial charge in [-0.05, 0) is 31.2 Å². The van der Waals surface area contributed by atoms with E-state index in [0.29, 0.717) is 17.1 Å². The second-order valence-electron chi connectivity index (χ2n) is 6.22. The molecule has 10 nitrogen and oxygen atoms in total. The van der Waals surface area contributed by atoms with Crippen molar-refractivity contribution in [3.63, 3.8) is 0 Å². The van der Waals surface area contributed by atoms with Crippen molar-refractivity contribution in [3.8, 4) is 23.6 Å². The number of nitrogens with zero attached hydrogens (tertiary/aromatic N) is 3. The van der Waals surface area contributed by atoms with E-state index in [4.69, 9.17) is 9.47 Å². The number of rotatable bonds is 7. The van der Waals surface area contributed by atoms with Gasteiger partial charge in [-0.2, -0.15) is 10.5 Å². The zero-order valence-electron chi connectivity index (χ0n) is 17.4. The molecule has 0 aliphatic heterocycles. The molecule has 0 aliphatic carbocycles. The minimum absolute atomic E-state index is 0.133. The molecule has 0 aliphatic rings. The summed E-state index contributed by atoms with van der Waals surface area (Å²) in [4.78, 5) is 15.9. The van der Waals surface area contributed by atoms with Crippen molar-refractivity contribution in [2.75, 3.05) is 14.2 Å². The van der Waals surface area contributed by atoms with Gasteiger partial charge in [0, 0.05) is 17.8 Å². The van der Waals surface area contributed by atoms with E-state index in [1.807, 2.05) is 5.32 Å². The largest absolute Gasteiger partial charge is 0.497 e. The van der Waals surface area contributed by atoms with E-state index in [1.165, 1.54) is 32.6 Å². The first-order valence-electron chi connectivity index (χ1n) is 8.94. The molecule has 0 saturated carbocycles. The molecule has 0 spiro atoms. The summed E-state index contributed by atoms with van der Waals surface area (Å²) >= 11 is 0. The molecule has 2 aromatic rings. The van der Waals surface area contributed by atoms with E-state index in [2.05, 4.69) is 4.99 Å². The lowest BCUT2D eigenvalue weighted by Crippen LogP contribution is -2.39. The molecule has 0 aromatic heterocycles. The van der Waals surface area contributed by atoms with Crippen LogP contribution >= 0.6 is 0 Å². The number of hydrogen-bond acceptors (Lipinski definition) is 8. The van der Waals surface area contributed by atoms with Gasteiger partial charge in [0.1, 0.15) is 23.6 Å². The molecule has 0 fully saturated rings. The molecule has 0 unspecified atom stereocenters. The topological polar surface area (TPSA) is 154 Å². The third kappa shape index (κ3) is 6.32. The number of sulfonamides is 1. The van der Waals surface area contributed by atoms with Crippen molar-refractivity contribution in [2.45, 2.75) is 11.8 Å². The van der Waals surface area contributed by atoms with Crippen molar-refractivity contribution >= 4 is 22.3 Å². The highest BCUT2D eigenvalue weighted by atomic mass is 32.2. The Hall–Kier alpha value is -4.35. The quantitative estimate of drug-likeness (QED) is 0.482. The van der Waals surface area contributed by atoms with Crippen molar-refractivity contribution in [1.82, 2.24) is 10.0 Å². The Kier molecular flexibility index (Phi) is 7.93. The maximum atomic E-state index is 12.3. The average molecular weight is 453 g/mol. The second-order valence-corrected chi connectivity index (χ2v) is 7.91. The maximum Gasteiger partial charge on any atom is 0.333 e. The minimum Gasteiger partial charge on any atom is -0.497 e. The van der Waals surface area contributed by atoms with Crippen LogP contribution in [0.15, 0.2) is 63.7 Å². The highest BCUT2D eigenvalue weighted by Gasteiger charge is 2.19. The van der Waals surface area contributed by atoms with Crippen LogP contribution in [-0.4, -0.2) is 34.9 Å². The highest BCUT2D eigenvalue weighted by molar-refractivity contribution is 7.90. The van der Waals surface area contributed by atoms with Crippen molar-refractivity contribution in [2.24, 2.45) is 4.99 Å². The number of hydrogen-bond donors (Lipinski definition) is 2. The molecule has 11 heteroatoms. The fourth-order valence-corrected chi connectivity index (χ4v) is 3.28. The molecule has 0 bridgehead atoms. The van der Waals surface area contributed by atoms with Gasteiger partial charge in [0.2, 0.25) is 0 Å². The second kappa shape index (κ2) is 10.6. The fraction of sp³-hybridized carbons (Fsp3) is 0.143. The summed E-state index contributed by atoms with van der Waals surface area (Å²) in [6, 6.07) is 12.8. The smallest absolute Gasteiger partial charge is 0.333 e. The van der Waals surface area contributed by atoms with Crippen molar-refractivity contribution in [1.29, 1.82) is 10.5 Å². The summed E-state index contributed by atoms with van der Waals surface area (Å²) in [6.45, 7) is 1.78. The Morgan fingerprint density at radius 1 is 1.03 bits per heavy atom. The van der Waals surface area contributed by atoms with Crippen LogP contribution in [0.3, 0.4) is 0 Å². The number of urea groups is 1. The predicted octanol–water partition coefficient (Wildman–Crippen LogP) is 2.38.